The van der Waals surface area contributed by atoms with Crippen molar-refractivity contribution in [1.29, 1.82) is 0 Å². The summed E-state index contributed by atoms with van der Waals surface area (Å²) in [4.78, 5) is 26.2. The fourth-order valence-corrected chi connectivity index (χ4v) is 4.54. The first-order valence-electron chi connectivity index (χ1n) is 9.46. The summed E-state index contributed by atoms with van der Waals surface area (Å²) in [6, 6.07) is 8.02. The molecule has 1 aliphatic heterocycles. The average Bonchev–Trinajstić information content (AvgIpc) is 3.39. The first kappa shape index (κ1) is 16.1. The lowest BCUT2D eigenvalue weighted by molar-refractivity contribution is 0.503. The van der Waals surface area contributed by atoms with Crippen LogP contribution in [0.1, 0.15) is 12.8 Å². The molecule has 1 N–H and O–H groups in total. The van der Waals surface area contributed by atoms with Crippen molar-refractivity contribution in [2.45, 2.75) is 18.4 Å². The SMILES string of the molecule is Clc1c[nH]c2ncnc(N3CCN(c4cnc5ccccc5n4)C4(CC4)C3)c12. The van der Waals surface area contributed by atoms with Gasteiger partial charge >= 0.3 is 0 Å². The van der Waals surface area contributed by atoms with Gasteiger partial charge < -0.3 is 14.8 Å². The lowest BCUT2D eigenvalue weighted by atomic mass is 10.1. The van der Waals surface area contributed by atoms with Crippen LogP contribution in [-0.4, -0.2) is 50.1 Å². The van der Waals surface area contributed by atoms with Crippen LogP contribution in [0.5, 0.6) is 0 Å². The van der Waals surface area contributed by atoms with Gasteiger partial charge in [0.05, 0.1) is 33.2 Å². The number of aromatic amines is 1. The molecule has 28 heavy (non-hydrogen) atoms. The predicted octanol–water partition coefficient (Wildman–Crippen LogP) is 3.41. The molecule has 1 spiro atoms. The van der Waals surface area contributed by atoms with Gasteiger partial charge in [-0.1, -0.05) is 23.7 Å². The fraction of sp³-hybridized carbons (Fsp3) is 0.300. The van der Waals surface area contributed by atoms with E-state index in [-0.39, 0.29) is 5.54 Å². The lowest BCUT2D eigenvalue weighted by Gasteiger charge is -2.43. The van der Waals surface area contributed by atoms with E-state index in [1.54, 1.807) is 12.5 Å². The number of anilines is 2. The molecule has 0 unspecified atom stereocenters. The number of halogens is 1. The molecular weight excluding hydrogens is 374 g/mol. The van der Waals surface area contributed by atoms with Crippen LogP contribution in [0.4, 0.5) is 11.6 Å². The third-order valence-corrected chi connectivity index (χ3v) is 6.19. The van der Waals surface area contributed by atoms with Crippen molar-refractivity contribution < 1.29 is 0 Å². The number of para-hydroxylation sites is 2. The molecule has 4 aromatic rings. The van der Waals surface area contributed by atoms with E-state index in [4.69, 9.17) is 16.6 Å². The Bertz CT molecular complexity index is 1200. The standard InChI is InChI=1S/C20H18ClN7/c21-13-9-23-18-17(13)19(25-12-24-18)27-7-8-28(20(11-27)5-6-20)16-10-22-14-3-1-2-4-15(14)26-16/h1-4,9-10,12H,5-8,11H2,(H,23,24,25). The Labute approximate surface area is 166 Å². The van der Waals surface area contributed by atoms with E-state index in [0.717, 1.165) is 66.2 Å². The quantitative estimate of drug-likeness (QED) is 0.564. The highest BCUT2D eigenvalue weighted by Gasteiger charge is 2.52. The van der Waals surface area contributed by atoms with Gasteiger partial charge in [-0.05, 0) is 25.0 Å². The third-order valence-electron chi connectivity index (χ3n) is 5.89. The second-order valence-electron chi connectivity index (χ2n) is 7.57. The Morgan fingerprint density at radius 2 is 1.89 bits per heavy atom. The molecule has 1 aliphatic carbocycles. The van der Waals surface area contributed by atoms with Crippen LogP contribution in [0.3, 0.4) is 0 Å². The zero-order chi connectivity index (χ0) is 18.7. The summed E-state index contributed by atoms with van der Waals surface area (Å²) in [5.74, 6) is 1.87. The van der Waals surface area contributed by atoms with Crippen molar-refractivity contribution in [3.8, 4) is 0 Å². The zero-order valence-corrected chi connectivity index (χ0v) is 15.9. The Kier molecular flexibility index (Phi) is 3.32. The molecule has 1 saturated carbocycles. The second kappa shape index (κ2) is 5.78. The highest BCUT2D eigenvalue weighted by Crippen LogP contribution is 2.47. The van der Waals surface area contributed by atoms with Crippen molar-refractivity contribution in [2.24, 2.45) is 0 Å². The molecule has 1 saturated heterocycles. The maximum Gasteiger partial charge on any atom is 0.148 e. The number of H-pyrrole nitrogens is 1. The largest absolute Gasteiger partial charge is 0.352 e. The number of fused-ring (bicyclic) bond motifs is 2. The van der Waals surface area contributed by atoms with Gasteiger partial charge in [-0.3, -0.25) is 4.98 Å². The lowest BCUT2D eigenvalue weighted by Crippen LogP contribution is -2.56. The number of piperazine rings is 1. The summed E-state index contributed by atoms with van der Waals surface area (Å²) < 4.78 is 0. The van der Waals surface area contributed by atoms with Gasteiger partial charge in [0, 0.05) is 25.8 Å². The molecule has 140 valence electrons. The van der Waals surface area contributed by atoms with E-state index < -0.39 is 0 Å². The van der Waals surface area contributed by atoms with E-state index in [9.17, 15) is 0 Å². The number of benzene rings is 1. The van der Waals surface area contributed by atoms with Gasteiger partial charge in [-0.15, -0.1) is 0 Å². The van der Waals surface area contributed by atoms with Crippen LogP contribution >= 0.6 is 11.6 Å². The Morgan fingerprint density at radius 1 is 1.04 bits per heavy atom. The van der Waals surface area contributed by atoms with Crippen molar-refractivity contribution >= 4 is 45.3 Å². The van der Waals surface area contributed by atoms with E-state index >= 15 is 0 Å². The first-order valence-corrected chi connectivity index (χ1v) is 9.83. The smallest absolute Gasteiger partial charge is 0.148 e. The molecule has 7 nitrogen and oxygen atoms in total. The van der Waals surface area contributed by atoms with Crippen LogP contribution in [0.15, 0.2) is 43.0 Å². The third kappa shape index (κ3) is 2.36. The van der Waals surface area contributed by atoms with Crippen LogP contribution in [0, 0.1) is 0 Å². The van der Waals surface area contributed by atoms with E-state index in [1.807, 2.05) is 30.5 Å². The first-order chi connectivity index (χ1) is 13.7. The Balaban J connectivity index is 1.35. The number of nitrogens with zero attached hydrogens (tertiary/aromatic N) is 6. The highest BCUT2D eigenvalue weighted by atomic mass is 35.5. The topological polar surface area (TPSA) is 73.8 Å². The average molecular weight is 392 g/mol. The van der Waals surface area contributed by atoms with Crippen molar-refractivity contribution in [2.75, 3.05) is 29.4 Å². The maximum atomic E-state index is 6.40. The Hall–Kier alpha value is -2.93. The highest BCUT2D eigenvalue weighted by molar-refractivity contribution is 6.36. The van der Waals surface area contributed by atoms with Crippen molar-refractivity contribution in [3.63, 3.8) is 0 Å². The van der Waals surface area contributed by atoms with E-state index in [0.29, 0.717) is 5.02 Å². The maximum absolute atomic E-state index is 6.40. The number of rotatable bonds is 2. The van der Waals surface area contributed by atoms with Crippen LogP contribution in [0.25, 0.3) is 22.1 Å². The molecule has 4 heterocycles. The fourth-order valence-electron chi connectivity index (χ4n) is 4.31. The zero-order valence-electron chi connectivity index (χ0n) is 15.1. The monoisotopic (exact) mass is 391 g/mol. The molecule has 2 aliphatic rings. The van der Waals surface area contributed by atoms with Crippen molar-refractivity contribution in [3.05, 3.63) is 48.0 Å². The normalized spacial score (nSPS) is 18.3. The van der Waals surface area contributed by atoms with Crippen LogP contribution in [0.2, 0.25) is 5.02 Å². The van der Waals surface area contributed by atoms with E-state index in [2.05, 4.69) is 29.7 Å². The number of hydrogen-bond donors (Lipinski definition) is 1. The van der Waals surface area contributed by atoms with Gasteiger partial charge in [0.15, 0.2) is 0 Å². The van der Waals surface area contributed by atoms with Gasteiger partial charge in [0.1, 0.15) is 23.6 Å². The van der Waals surface area contributed by atoms with Gasteiger partial charge in [-0.25, -0.2) is 15.0 Å². The molecule has 1 aromatic carbocycles. The predicted molar refractivity (Wildman–Crippen MR) is 110 cm³/mol. The molecule has 6 rings (SSSR count). The number of hydrogen-bond acceptors (Lipinski definition) is 6. The number of aromatic nitrogens is 5. The summed E-state index contributed by atoms with van der Waals surface area (Å²) >= 11 is 6.40. The molecule has 0 radical (unpaired) electrons. The minimum atomic E-state index is 0.0927. The molecule has 0 amide bonds. The summed E-state index contributed by atoms with van der Waals surface area (Å²) in [5.41, 5.74) is 2.74. The second-order valence-corrected chi connectivity index (χ2v) is 7.98. The van der Waals surface area contributed by atoms with Crippen molar-refractivity contribution in [1.82, 2.24) is 24.9 Å². The van der Waals surface area contributed by atoms with E-state index in [1.165, 1.54) is 0 Å². The minimum Gasteiger partial charge on any atom is -0.352 e. The number of nitrogens with one attached hydrogen (secondary N) is 1. The minimum absolute atomic E-state index is 0.0927. The molecule has 0 atom stereocenters. The summed E-state index contributed by atoms with van der Waals surface area (Å²) in [6.45, 7) is 2.62. The molecule has 0 bridgehead atoms. The Morgan fingerprint density at radius 3 is 2.75 bits per heavy atom. The van der Waals surface area contributed by atoms with Crippen LogP contribution < -0.4 is 9.80 Å². The summed E-state index contributed by atoms with van der Waals surface area (Å²) in [7, 11) is 0. The van der Waals surface area contributed by atoms with Gasteiger partial charge in [0.25, 0.3) is 0 Å². The molecule has 2 fully saturated rings. The summed E-state index contributed by atoms with van der Waals surface area (Å²) in [5, 5.41) is 1.57. The van der Waals surface area contributed by atoms with Gasteiger partial charge in [-0.2, -0.15) is 0 Å². The molecular formula is C20H18ClN7. The molecule has 8 heteroatoms. The van der Waals surface area contributed by atoms with Crippen LogP contribution in [-0.2, 0) is 0 Å². The summed E-state index contributed by atoms with van der Waals surface area (Å²) in [6.07, 6.45) is 7.58. The molecule has 3 aromatic heterocycles. The van der Waals surface area contributed by atoms with Gasteiger partial charge in [0.2, 0.25) is 0 Å².